The second kappa shape index (κ2) is 5.99. The minimum Gasteiger partial charge on any atom is -0.378 e. The molecule has 6 heteroatoms. The monoisotopic (exact) mass is 290 g/mol. The van der Waals surface area contributed by atoms with Crippen molar-refractivity contribution < 1.29 is 9.53 Å². The Bertz CT molecular complexity index is 487. The molecular weight excluding hydrogens is 268 g/mol. The Labute approximate surface area is 124 Å². The molecule has 0 radical (unpaired) electrons. The van der Waals surface area contributed by atoms with E-state index in [-0.39, 0.29) is 11.3 Å². The summed E-state index contributed by atoms with van der Waals surface area (Å²) in [6, 6.07) is 3.84. The molecule has 114 valence electrons. The standard InChI is InChI=1S/C15H22N4O2/c16-11-15(4-1-5-15)14(20)18-12-2-3-13(17-10-12)19-6-8-21-9-7-19/h2-3,10H,1,4-9,11,16H2,(H,18,20). The van der Waals surface area contributed by atoms with E-state index < -0.39 is 0 Å². The van der Waals surface area contributed by atoms with Crippen LogP contribution in [0.1, 0.15) is 19.3 Å². The van der Waals surface area contributed by atoms with Crippen LogP contribution in [0, 0.1) is 5.41 Å². The number of morpholine rings is 1. The lowest BCUT2D eigenvalue weighted by Crippen LogP contribution is -2.47. The maximum absolute atomic E-state index is 12.3. The second-order valence-corrected chi connectivity index (χ2v) is 5.80. The van der Waals surface area contributed by atoms with Crippen LogP contribution in [0.15, 0.2) is 18.3 Å². The van der Waals surface area contributed by atoms with Crippen molar-refractivity contribution in [1.29, 1.82) is 0 Å². The number of nitrogens with zero attached hydrogens (tertiary/aromatic N) is 2. The van der Waals surface area contributed by atoms with Gasteiger partial charge in [-0.1, -0.05) is 6.42 Å². The molecule has 1 aliphatic heterocycles. The van der Waals surface area contributed by atoms with E-state index in [1.165, 1.54) is 0 Å². The first-order valence-electron chi connectivity index (χ1n) is 7.54. The Hall–Kier alpha value is -1.66. The number of hydrogen-bond acceptors (Lipinski definition) is 5. The number of hydrogen-bond donors (Lipinski definition) is 2. The lowest BCUT2D eigenvalue weighted by molar-refractivity contribution is -0.129. The fraction of sp³-hybridized carbons (Fsp3) is 0.600. The molecular formula is C15H22N4O2. The van der Waals surface area contributed by atoms with Gasteiger partial charge < -0.3 is 20.7 Å². The molecule has 1 aromatic rings. The summed E-state index contributed by atoms with van der Waals surface area (Å²) in [5.74, 6) is 0.950. The Balaban J connectivity index is 1.63. The largest absolute Gasteiger partial charge is 0.378 e. The first-order valence-corrected chi connectivity index (χ1v) is 7.54. The van der Waals surface area contributed by atoms with Gasteiger partial charge in [0.15, 0.2) is 0 Å². The zero-order valence-electron chi connectivity index (χ0n) is 12.2. The number of nitrogens with one attached hydrogen (secondary N) is 1. The average molecular weight is 290 g/mol. The van der Waals surface area contributed by atoms with Gasteiger partial charge in [0.05, 0.1) is 30.5 Å². The highest BCUT2D eigenvalue weighted by Crippen LogP contribution is 2.40. The lowest BCUT2D eigenvalue weighted by atomic mass is 9.68. The molecule has 2 aliphatic rings. The van der Waals surface area contributed by atoms with Crippen LogP contribution in [-0.4, -0.2) is 43.7 Å². The molecule has 0 unspecified atom stereocenters. The molecule has 0 atom stereocenters. The van der Waals surface area contributed by atoms with E-state index in [2.05, 4.69) is 15.2 Å². The van der Waals surface area contributed by atoms with E-state index in [0.717, 1.165) is 57.1 Å². The van der Waals surface area contributed by atoms with E-state index >= 15 is 0 Å². The van der Waals surface area contributed by atoms with Gasteiger partial charge in [0.2, 0.25) is 5.91 Å². The normalized spacial score (nSPS) is 20.7. The van der Waals surface area contributed by atoms with Gasteiger partial charge in [-0.05, 0) is 25.0 Å². The van der Waals surface area contributed by atoms with Crippen molar-refractivity contribution in [1.82, 2.24) is 4.98 Å². The number of pyridine rings is 1. The number of nitrogens with two attached hydrogens (primary N) is 1. The number of amides is 1. The highest BCUT2D eigenvalue weighted by molar-refractivity contribution is 5.96. The first kappa shape index (κ1) is 14.3. The van der Waals surface area contributed by atoms with Crippen molar-refractivity contribution >= 4 is 17.4 Å². The number of aromatic nitrogens is 1. The van der Waals surface area contributed by atoms with Gasteiger partial charge in [0, 0.05) is 19.6 Å². The summed E-state index contributed by atoms with van der Waals surface area (Å²) >= 11 is 0. The molecule has 0 bridgehead atoms. The van der Waals surface area contributed by atoms with Crippen molar-refractivity contribution in [2.75, 3.05) is 43.1 Å². The highest BCUT2D eigenvalue weighted by Gasteiger charge is 2.42. The number of rotatable bonds is 4. The smallest absolute Gasteiger partial charge is 0.231 e. The van der Waals surface area contributed by atoms with Crippen LogP contribution in [-0.2, 0) is 9.53 Å². The molecule has 0 aromatic carbocycles. The third-order valence-corrected chi connectivity index (χ3v) is 4.52. The summed E-state index contributed by atoms with van der Waals surface area (Å²) in [4.78, 5) is 18.9. The van der Waals surface area contributed by atoms with Gasteiger partial charge in [-0.2, -0.15) is 0 Å². The first-order chi connectivity index (χ1) is 10.2. The van der Waals surface area contributed by atoms with Gasteiger partial charge >= 0.3 is 0 Å². The van der Waals surface area contributed by atoms with Gasteiger partial charge in [-0.25, -0.2) is 4.98 Å². The van der Waals surface area contributed by atoms with Crippen LogP contribution >= 0.6 is 0 Å². The summed E-state index contributed by atoms with van der Waals surface area (Å²) < 4.78 is 5.33. The Kier molecular flexibility index (Phi) is 4.07. The van der Waals surface area contributed by atoms with Crippen molar-refractivity contribution in [3.63, 3.8) is 0 Å². The Morgan fingerprint density at radius 2 is 2.14 bits per heavy atom. The third-order valence-electron chi connectivity index (χ3n) is 4.52. The predicted molar refractivity (Wildman–Crippen MR) is 81.2 cm³/mol. The summed E-state index contributed by atoms with van der Waals surface area (Å²) in [6.45, 7) is 3.60. The second-order valence-electron chi connectivity index (χ2n) is 5.80. The third kappa shape index (κ3) is 2.87. The number of carbonyl (C=O) groups excluding carboxylic acids is 1. The highest BCUT2D eigenvalue weighted by atomic mass is 16.5. The minimum atomic E-state index is -0.358. The average Bonchev–Trinajstić information content (AvgIpc) is 2.48. The minimum absolute atomic E-state index is 0.0252. The zero-order chi connectivity index (χ0) is 14.7. The molecule has 21 heavy (non-hydrogen) atoms. The predicted octanol–water partition coefficient (Wildman–Crippen LogP) is 0.986. The van der Waals surface area contributed by atoms with E-state index in [1.807, 2.05) is 12.1 Å². The number of carbonyl (C=O) groups is 1. The maximum atomic E-state index is 12.3. The Morgan fingerprint density at radius 3 is 2.67 bits per heavy atom. The van der Waals surface area contributed by atoms with Gasteiger partial charge in [-0.3, -0.25) is 4.79 Å². The molecule has 1 aromatic heterocycles. The van der Waals surface area contributed by atoms with Gasteiger partial charge in [-0.15, -0.1) is 0 Å². The molecule has 1 saturated carbocycles. The van der Waals surface area contributed by atoms with Crippen LogP contribution < -0.4 is 16.0 Å². The van der Waals surface area contributed by atoms with Crippen LogP contribution in [0.3, 0.4) is 0 Å². The van der Waals surface area contributed by atoms with E-state index in [4.69, 9.17) is 10.5 Å². The van der Waals surface area contributed by atoms with Crippen LogP contribution in [0.5, 0.6) is 0 Å². The molecule has 1 saturated heterocycles. The van der Waals surface area contributed by atoms with Crippen molar-refractivity contribution in [2.24, 2.45) is 11.1 Å². The molecule has 2 fully saturated rings. The number of anilines is 2. The molecule has 3 rings (SSSR count). The molecule has 0 spiro atoms. The van der Waals surface area contributed by atoms with Gasteiger partial charge in [0.1, 0.15) is 5.82 Å². The Morgan fingerprint density at radius 1 is 1.38 bits per heavy atom. The fourth-order valence-electron chi connectivity index (χ4n) is 2.83. The molecule has 1 amide bonds. The van der Waals surface area contributed by atoms with Crippen LogP contribution in [0.4, 0.5) is 11.5 Å². The van der Waals surface area contributed by atoms with Gasteiger partial charge in [0.25, 0.3) is 0 Å². The van der Waals surface area contributed by atoms with Crippen molar-refractivity contribution in [3.05, 3.63) is 18.3 Å². The summed E-state index contributed by atoms with van der Waals surface area (Å²) in [7, 11) is 0. The van der Waals surface area contributed by atoms with Crippen LogP contribution in [0.2, 0.25) is 0 Å². The van der Waals surface area contributed by atoms with Crippen molar-refractivity contribution in [2.45, 2.75) is 19.3 Å². The molecule has 6 nitrogen and oxygen atoms in total. The van der Waals surface area contributed by atoms with E-state index in [9.17, 15) is 4.79 Å². The quantitative estimate of drug-likeness (QED) is 0.864. The topological polar surface area (TPSA) is 80.5 Å². The fourth-order valence-corrected chi connectivity index (χ4v) is 2.83. The zero-order valence-corrected chi connectivity index (χ0v) is 12.2. The van der Waals surface area contributed by atoms with Crippen LogP contribution in [0.25, 0.3) is 0 Å². The molecule has 3 N–H and O–H groups in total. The summed E-state index contributed by atoms with van der Waals surface area (Å²) in [5, 5.41) is 2.94. The maximum Gasteiger partial charge on any atom is 0.231 e. The molecule has 1 aliphatic carbocycles. The lowest BCUT2D eigenvalue weighted by Gasteiger charge is -2.39. The van der Waals surface area contributed by atoms with Crippen molar-refractivity contribution in [3.8, 4) is 0 Å². The summed E-state index contributed by atoms with van der Waals surface area (Å²) in [6.07, 6.45) is 4.56. The number of ether oxygens (including phenoxy) is 1. The summed E-state index contributed by atoms with van der Waals surface area (Å²) in [5.41, 5.74) is 6.12. The van der Waals surface area contributed by atoms with E-state index in [0.29, 0.717) is 6.54 Å². The SMILES string of the molecule is NCC1(C(=O)Nc2ccc(N3CCOCC3)nc2)CCC1. The molecule has 2 heterocycles. The van der Waals surface area contributed by atoms with E-state index in [1.54, 1.807) is 6.20 Å².